The molecule has 13 heavy (non-hydrogen) atoms. The summed E-state index contributed by atoms with van der Waals surface area (Å²) in [5.41, 5.74) is 0. The van der Waals surface area contributed by atoms with Crippen molar-refractivity contribution in [1.29, 1.82) is 0 Å². The van der Waals surface area contributed by atoms with Crippen molar-refractivity contribution in [3.8, 4) is 0 Å². The second-order valence-corrected chi connectivity index (χ2v) is 4.33. The molecular weight excluding hydrogens is 164 g/mol. The zero-order chi connectivity index (χ0) is 10.0. The predicted octanol–water partition coefficient (Wildman–Crippen LogP) is 0.392. The first-order valence-electron chi connectivity index (χ1n) is 5.14. The van der Waals surface area contributed by atoms with Crippen molar-refractivity contribution in [2.75, 3.05) is 26.7 Å². The maximum atomic E-state index is 9.50. The first kappa shape index (κ1) is 11.0. The molecule has 1 saturated heterocycles. The summed E-state index contributed by atoms with van der Waals surface area (Å²) in [5, 5.41) is 9.50. The van der Waals surface area contributed by atoms with Gasteiger partial charge in [0.1, 0.15) is 0 Å². The molecule has 1 aliphatic rings. The van der Waals surface area contributed by atoms with Gasteiger partial charge in [0, 0.05) is 31.7 Å². The van der Waals surface area contributed by atoms with Crippen LogP contribution in [-0.2, 0) is 0 Å². The quantitative estimate of drug-likeness (QED) is 0.676. The lowest BCUT2D eigenvalue weighted by molar-refractivity contribution is 0.0101. The third-order valence-corrected chi connectivity index (χ3v) is 3.10. The smallest absolute Gasteiger partial charge is 0.0664 e. The summed E-state index contributed by atoms with van der Waals surface area (Å²) in [6.45, 7) is 9.50. The molecule has 1 heterocycles. The van der Waals surface area contributed by atoms with E-state index in [4.69, 9.17) is 0 Å². The molecule has 1 rings (SSSR count). The highest BCUT2D eigenvalue weighted by atomic mass is 16.3. The summed E-state index contributed by atoms with van der Waals surface area (Å²) in [4.78, 5) is 4.74. The molecule has 0 aromatic heterocycles. The van der Waals surface area contributed by atoms with E-state index in [1.54, 1.807) is 0 Å². The molecule has 0 aromatic carbocycles. The fraction of sp³-hybridized carbons (Fsp3) is 1.00. The minimum Gasteiger partial charge on any atom is -0.392 e. The largest absolute Gasteiger partial charge is 0.392 e. The van der Waals surface area contributed by atoms with Crippen molar-refractivity contribution < 1.29 is 5.11 Å². The van der Waals surface area contributed by atoms with Gasteiger partial charge in [0.05, 0.1) is 6.10 Å². The van der Waals surface area contributed by atoms with Gasteiger partial charge in [-0.25, -0.2) is 0 Å². The Morgan fingerprint density at radius 3 is 2.38 bits per heavy atom. The van der Waals surface area contributed by atoms with E-state index >= 15 is 0 Å². The van der Waals surface area contributed by atoms with Crippen LogP contribution < -0.4 is 0 Å². The van der Waals surface area contributed by atoms with Gasteiger partial charge >= 0.3 is 0 Å². The molecule has 1 N–H and O–H groups in total. The molecule has 3 unspecified atom stereocenters. The van der Waals surface area contributed by atoms with Crippen LogP contribution in [-0.4, -0.2) is 59.8 Å². The minimum atomic E-state index is -0.231. The number of hydrogen-bond donors (Lipinski definition) is 1. The average Bonchev–Trinajstić information content (AvgIpc) is 2.03. The summed E-state index contributed by atoms with van der Waals surface area (Å²) in [6, 6.07) is 0.840. The first-order valence-corrected chi connectivity index (χ1v) is 5.14. The molecule has 1 fully saturated rings. The third kappa shape index (κ3) is 2.66. The molecule has 0 amide bonds. The predicted molar refractivity (Wildman–Crippen MR) is 54.8 cm³/mol. The lowest BCUT2D eigenvalue weighted by atomic mass is 10.1. The first-order chi connectivity index (χ1) is 6.02. The molecule has 1 aliphatic heterocycles. The van der Waals surface area contributed by atoms with E-state index in [9.17, 15) is 5.11 Å². The Morgan fingerprint density at radius 2 is 1.92 bits per heavy atom. The molecule has 78 valence electrons. The Kier molecular flexibility index (Phi) is 3.71. The molecule has 0 radical (unpaired) electrons. The van der Waals surface area contributed by atoms with Crippen molar-refractivity contribution in [2.24, 2.45) is 0 Å². The van der Waals surface area contributed by atoms with Crippen LogP contribution in [0.25, 0.3) is 0 Å². The van der Waals surface area contributed by atoms with E-state index in [1.165, 1.54) is 0 Å². The summed E-state index contributed by atoms with van der Waals surface area (Å²) in [5.74, 6) is 0. The van der Waals surface area contributed by atoms with Gasteiger partial charge in [-0.05, 0) is 27.8 Å². The molecule has 0 saturated carbocycles. The van der Waals surface area contributed by atoms with Crippen LogP contribution in [0.3, 0.4) is 0 Å². The second kappa shape index (κ2) is 4.40. The SMILES string of the molecule is CC(O)C(C)N1CCN(C)CC1C. The Morgan fingerprint density at radius 1 is 1.31 bits per heavy atom. The second-order valence-electron chi connectivity index (χ2n) is 4.33. The van der Waals surface area contributed by atoms with Crippen molar-refractivity contribution in [3.05, 3.63) is 0 Å². The molecule has 0 spiro atoms. The van der Waals surface area contributed by atoms with Crippen molar-refractivity contribution >= 4 is 0 Å². The van der Waals surface area contributed by atoms with E-state index in [-0.39, 0.29) is 12.1 Å². The maximum absolute atomic E-state index is 9.50. The summed E-state index contributed by atoms with van der Waals surface area (Å²) < 4.78 is 0. The molecule has 3 atom stereocenters. The van der Waals surface area contributed by atoms with Gasteiger partial charge < -0.3 is 10.0 Å². The van der Waals surface area contributed by atoms with Gasteiger partial charge in [-0.15, -0.1) is 0 Å². The van der Waals surface area contributed by atoms with Crippen LogP contribution in [0, 0.1) is 0 Å². The average molecular weight is 186 g/mol. The van der Waals surface area contributed by atoms with Crippen molar-refractivity contribution in [2.45, 2.75) is 39.0 Å². The van der Waals surface area contributed by atoms with Crippen LogP contribution >= 0.6 is 0 Å². The van der Waals surface area contributed by atoms with Gasteiger partial charge in [-0.2, -0.15) is 0 Å². The number of piperazine rings is 1. The van der Waals surface area contributed by atoms with E-state index in [2.05, 4.69) is 30.7 Å². The Balaban J connectivity index is 2.50. The molecule has 0 aromatic rings. The highest BCUT2D eigenvalue weighted by molar-refractivity contribution is 4.83. The van der Waals surface area contributed by atoms with Gasteiger partial charge in [0.25, 0.3) is 0 Å². The van der Waals surface area contributed by atoms with Crippen LogP contribution in [0.1, 0.15) is 20.8 Å². The number of nitrogens with zero attached hydrogens (tertiary/aromatic N) is 2. The van der Waals surface area contributed by atoms with Crippen LogP contribution in [0.2, 0.25) is 0 Å². The van der Waals surface area contributed by atoms with Crippen LogP contribution in [0.15, 0.2) is 0 Å². The minimum absolute atomic E-state index is 0.231. The number of likely N-dealkylation sites (N-methyl/N-ethyl adjacent to an activating group) is 1. The van der Waals surface area contributed by atoms with Gasteiger partial charge in [-0.3, -0.25) is 4.90 Å². The van der Waals surface area contributed by atoms with Gasteiger partial charge in [0.2, 0.25) is 0 Å². The Labute approximate surface area is 81.3 Å². The van der Waals surface area contributed by atoms with Crippen molar-refractivity contribution in [3.63, 3.8) is 0 Å². The molecule has 3 heteroatoms. The number of rotatable bonds is 2. The third-order valence-electron chi connectivity index (χ3n) is 3.10. The molecular formula is C10H22N2O. The topological polar surface area (TPSA) is 26.7 Å². The highest BCUT2D eigenvalue weighted by Gasteiger charge is 2.27. The summed E-state index contributed by atoms with van der Waals surface area (Å²) in [6.07, 6.45) is -0.231. The standard InChI is InChI=1S/C10H22N2O/c1-8-7-11(4)5-6-12(8)9(2)10(3)13/h8-10,13H,5-7H2,1-4H3. The van der Waals surface area contributed by atoms with Crippen LogP contribution in [0.5, 0.6) is 0 Å². The summed E-state index contributed by atoms with van der Waals surface area (Å²) in [7, 11) is 2.15. The zero-order valence-electron chi connectivity index (χ0n) is 9.20. The van der Waals surface area contributed by atoms with E-state index in [1.807, 2.05) is 6.92 Å². The molecule has 0 aliphatic carbocycles. The fourth-order valence-corrected chi connectivity index (χ4v) is 2.04. The van der Waals surface area contributed by atoms with E-state index in [0.717, 1.165) is 19.6 Å². The fourth-order valence-electron chi connectivity index (χ4n) is 2.04. The number of hydrogen-bond acceptors (Lipinski definition) is 3. The maximum Gasteiger partial charge on any atom is 0.0664 e. The normalized spacial score (nSPS) is 31.6. The Hall–Kier alpha value is -0.120. The van der Waals surface area contributed by atoms with E-state index in [0.29, 0.717) is 6.04 Å². The van der Waals surface area contributed by atoms with Crippen molar-refractivity contribution in [1.82, 2.24) is 9.80 Å². The number of aliphatic hydroxyl groups is 1. The van der Waals surface area contributed by atoms with Gasteiger partial charge in [0.15, 0.2) is 0 Å². The van der Waals surface area contributed by atoms with Gasteiger partial charge in [-0.1, -0.05) is 0 Å². The monoisotopic (exact) mass is 186 g/mol. The van der Waals surface area contributed by atoms with Crippen LogP contribution in [0.4, 0.5) is 0 Å². The molecule has 3 nitrogen and oxygen atoms in total. The lowest BCUT2D eigenvalue weighted by Gasteiger charge is -2.42. The van der Waals surface area contributed by atoms with E-state index < -0.39 is 0 Å². The lowest BCUT2D eigenvalue weighted by Crippen LogP contribution is -2.55. The number of aliphatic hydroxyl groups excluding tert-OH is 1. The Bertz CT molecular complexity index is 161. The molecule has 0 bridgehead atoms. The summed E-state index contributed by atoms with van der Waals surface area (Å²) >= 11 is 0. The zero-order valence-corrected chi connectivity index (χ0v) is 9.20. The highest BCUT2D eigenvalue weighted by Crippen LogP contribution is 2.13.